The third-order valence-electron chi connectivity index (χ3n) is 3.57. The molecule has 0 saturated carbocycles. The lowest BCUT2D eigenvalue weighted by Gasteiger charge is -2.16. The van der Waals surface area contributed by atoms with Gasteiger partial charge in [-0.1, -0.05) is 47.5 Å². The average molecular weight is 307 g/mol. The van der Waals surface area contributed by atoms with Crippen molar-refractivity contribution in [1.29, 1.82) is 0 Å². The van der Waals surface area contributed by atoms with Crippen LogP contribution in [0.2, 0.25) is 5.02 Å². The Morgan fingerprint density at radius 2 is 2.00 bits per heavy atom. The largest absolute Gasteiger partial charge is 0.271 e. The van der Waals surface area contributed by atoms with Crippen molar-refractivity contribution >= 4 is 11.6 Å². The molecule has 0 saturated heterocycles. The van der Waals surface area contributed by atoms with E-state index in [0.717, 1.165) is 24.8 Å². The van der Waals surface area contributed by atoms with Crippen LogP contribution in [0.3, 0.4) is 0 Å². The van der Waals surface area contributed by atoms with Crippen LogP contribution in [-0.2, 0) is 12.8 Å². The summed E-state index contributed by atoms with van der Waals surface area (Å²) in [6, 6.07) is 13.4. The van der Waals surface area contributed by atoms with Gasteiger partial charge in [-0.15, -0.1) is 0 Å². The monoisotopic (exact) mass is 306 g/mol. The summed E-state index contributed by atoms with van der Waals surface area (Å²) in [7, 11) is 0. The van der Waals surface area contributed by atoms with Crippen LogP contribution in [0.15, 0.2) is 42.5 Å². The normalized spacial score (nSPS) is 12.4. The van der Waals surface area contributed by atoms with E-state index in [-0.39, 0.29) is 11.1 Å². The highest BCUT2D eigenvalue weighted by molar-refractivity contribution is 6.30. The second kappa shape index (κ2) is 7.55. The highest BCUT2D eigenvalue weighted by Gasteiger charge is 2.10. The summed E-state index contributed by atoms with van der Waals surface area (Å²) in [5.41, 5.74) is 6.37. The van der Waals surface area contributed by atoms with Crippen LogP contribution in [0, 0.1) is 12.7 Å². The predicted molar refractivity (Wildman–Crippen MR) is 85.7 cm³/mol. The van der Waals surface area contributed by atoms with Gasteiger partial charge in [0.05, 0.1) is 5.02 Å². The number of hydrazine groups is 1. The third kappa shape index (κ3) is 4.81. The van der Waals surface area contributed by atoms with Crippen molar-refractivity contribution in [2.75, 3.05) is 0 Å². The Kier molecular flexibility index (Phi) is 5.74. The van der Waals surface area contributed by atoms with E-state index >= 15 is 0 Å². The van der Waals surface area contributed by atoms with Crippen molar-refractivity contribution in [3.05, 3.63) is 70.0 Å². The van der Waals surface area contributed by atoms with E-state index in [0.29, 0.717) is 0 Å². The van der Waals surface area contributed by atoms with E-state index in [1.807, 2.05) is 0 Å². The Morgan fingerprint density at radius 1 is 1.19 bits per heavy atom. The fourth-order valence-corrected chi connectivity index (χ4v) is 2.61. The lowest BCUT2D eigenvalue weighted by molar-refractivity contribution is 0.491. The van der Waals surface area contributed by atoms with E-state index in [1.54, 1.807) is 12.1 Å². The van der Waals surface area contributed by atoms with Gasteiger partial charge in [-0.05, 0) is 49.4 Å². The minimum Gasteiger partial charge on any atom is -0.271 e. The zero-order valence-electron chi connectivity index (χ0n) is 12.1. The molecule has 0 aliphatic rings. The molecule has 2 nitrogen and oxygen atoms in total. The molecule has 4 heteroatoms. The molecule has 2 rings (SSSR count). The first-order valence-corrected chi connectivity index (χ1v) is 7.42. The molecule has 3 N–H and O–H groups in total. The molecular formula is C17H20ClFN2. The molecule has 1 atom stereocenters. The van der Waals surface area contributed by atoms with Crippen LogP contribution < -0.4 is 11.3 Å². The lowest BCUT2D eigenvalue weighted by atomic mass is 9.99. The molecule has 21 heavy (non-hydrogen) atoms. The number of hydrogen-bond acceptors (Lipinski definition) is 2. The van der Waals surface area contributed by atoms with Gasteiger partial charge in [0, 0.05) is 6.04 Å². The van der Waals surface area contributed by atoms with Crippen LogP contribution in [-0.4, -0.2) is 6.04 Å². The molecule has 0 bridgehead atoms. The fourth-order valence-electron chi connectivity index (χ4n) is 2.40. The van der Waals surface area contributed by atoms with Crippen molar-refractivity contribution in [3.63, 3.8) is 0 Å². The Labute approximate surface area is 130 Å². The number of halogens is 2. The lowest BCUT2D eigenvalue weighted by Crippen LogP contribution is -2.37. The van der Waals surface area contributed by atoms with Gasteiger partial charge in [-0.2, -0.15) is 0 Å². The number of hydrogen-bond donors (Lipinski definition) is 2. The topological polar surface area (TPSA) is 38.0 Å². The summed E-state index contributed by atoms with van der Waals surface area (Å²) in [4.78, 5) is 0. The molecule has 0 amide bonds. The molecular weight excluding hydrogens is 287 g/mol. The molecule has 0 aliphatic carbocycles. The molecule has 0 fully saturated rings. The highest BCUT2D eigenvalue weighted by Crippen LogP contribution is 2.18. The molecule has 0 aliphatic heterocycles. The Hall–Kier alpha value is -1.42. The Bertz CT molecular complexity index is 601. The minimum atomic E-state index is -0.391. The van der Waals surface area contributed by atoms with Crippen LogP contribution in [0.4, 0.5) is 4.39 Å². The fraction of sp³-hybridized carbons (Fsp3) is 0.294. The summed E-state index contributed by atoms with van der Waals surface area (Å²) in [6.07, 6.45) is 2.59. The average Bonchev–Trinajstić information content (AvgIpc) is 2.47. The predicted octanol–water partition coefficient (Wildman–Crippen LogP) is 3.79. The van der Waals surface area contributed by atoms with Crippen molar-refractivity contribution in [3.8, 4) is 0 Å². The van der Waals surface area contributed by atoms with E-state index in [4.69, 9.17) is 17.4 Å². The van der Waals surface area contributed by atoms with E-state index in [1.165, 1.54) is 17.2 Å². The summed E-state index contributed by atoms with van der Waals surface area (Å²) < 4.78 is 13.2. The van der Waals surface area contributed by atoms with Crippen molar-refractivity contribution in [2.45, 2.75) is 32.2 Å². The van der Waals surface area contributed by atoms with Gasteiger partial charge in [0.2, 0.25) is 0 Å². The molecule has 1 unspecified atom stereocenters. The molecule has 112 valence electrons. The van der Waals surface area contributed by atoms with Crippen LogP contribution >= 0.6 is 11.6 Å². The SMILES string of the molecule is Cc1cccc(CCC(Cc2ccc(F)c(Cl)c2)NN)c1. The second-order valence-corrected chi connectivity index (χ2v) is 5.75. The van der Waals surface area contributed by atoms with E-state index in [9.17, 15) is 4.39 Å². The van der Waals surface area contributed by atoms with Crippen molar-refractivity contribution in [1.82, 2.24) is 5.43 Å². The van der Waals surface area contributed by atoms with Gasteiger partial charge in [0.25, 0.3) is 0 Å². The molecule has 2 aromatic carbocycles. The van der Waals surface area contributed by atoms with Crippen LogP contribution in [0.1, 0.15) is 23.1 Å². The molecule has 0 spiro atoms. The maximum atomic E-state index is 13.2. The van der Waals surface area contributed by atoms with Crippen LogP contribution in [0.25, 0.3) is 0 Å². The van der Waals surface area contributed by atoms with Gasteiger partial charge >= 0.3 is 0 Å². The Morgan fingerprint density at radius 3 is 2.67 bits per heavy atom. The smallest absolute Gasteiger partial charge is 0.141 e. The first-order valence-electron chi connectivity index (χ1n) is 7.04. The maximum Gasteiger partial charge on any atom is 0.141 e. The van der Waals surface area contributed by atoms with E-state index in [2.05, 4.69) is 36.6 Å². The molecule has 0 radical (unpaired) electrons. The Balaban J connectivity index is 1.95. The summed E-state index contributed by atoms with van der Waals surface area (Å²) in [5, 5.41) is 0.155. The third-order valence-corrected chi connectivity index (χ3v) is 3.86. The van der Waals surface area contributed by atoms with Crippen LogP contribution in [0.5, 0.6) is 0 Å². The van der Waals surface area contributed by atoms with Crippen molar-refractivity contribution < 1.29 is 4.39 Å². The van der Waals surface area contributed by atoms with Gasteiger partial charge < -0.3 is 0 Å². The quantitative estimate of drug-likeness (QED) is 0.629. The minimum absolute atomic E-state index is 0.132. The van der Waals surface area contributed by atoms with Gasteiger partial charge in [-0.3, -0.25) is 11.3 Å². The zero-order valence-corrected chi connectivity index (χ0v) is 12.8. The number of nitrogens with two attached hydrogens (primary N) is 1. The van der Waals surface area contributed by atoms with Gasteiger partial charge in [-0.25, -0.2) is 4.39 Å². The molecule has 2 aromatic rings. The van der Waals surface area contributed by atoms with Gasteiger partial charge in [0.15, 0.2) is 0 Å². The standard InChI is InChI=1S/C17H20ClFN2/c1-12-3-2-4-13(9-12)5-7-15(21-20)10-14-6-8-17(19)16(18)11-14/h2-4,6,8-9,11,15,21H,5,7,10,20H2,1H3. The zero-order chi connectivity index (χ0) is 15.2. The number of aryl methyl sites for hydroxylation is 2. The summed E-state index contributed by atoms with van der Waals surface area (Å²) in [6.45, 7) is 2.09. The maximum absolute atomic E-state index is 13.2. The van der Waals surface area contributed by atoms with E-state index < -0.39 is 5.82 Å². The van der Waals surface area contributed by atoms with Gasteiger partial charge in [0.1, 0.15) is 5.82 Å². The number of benzene rings is 2. The first-order chi connectivity index (χ1) is 10.1. The number of rotatable bonds is 6. The second-order valence-electron chi connectivity index (χ2n) is 5.34. The summed E-state index contributed by atoms with van der Waals surface area (Å²) >= 11 is 5.80. The number of nitrogens with one attached hydrogen (secondary N) is 1. The van der Waals surface area contributed by atoms with Crippen molar-refractivity contribution in [2.24, 2.45) is 5.84 Å². The molecule has 0 aromatic heterocycles. The summed E-state index contributed by atoms with van der Waals surface area (Å²) in [5.74, 6) is 5.23. The molecule has 0 heterocycles. The first kappa shape index (κ1) is 16.0. The highest BCUT2D eigenvalue weighted by atomic mass is 35.5.